The molecule has 0 spiro atoms. The van der Waals surface area contributed by atoms with Gasteiger partial charge in [0.2, 0.25) is 0 Å². The van der Waals surface area contributed by atoms with Crippen LogP contribution in [0.25, 0.3) is 0 Å². The molecule has 1 fully saturated rings. The number of aromatic nitrogens is 2. The van der Waals surface area contributed by atoms with Gasteiger partial charge < -0.3 is 5.32 Å². The molecule has 82 valence electrons. The molecule has 1 aliphatic carbocycles. The fraction of sp³-hybridized carbons (Fsp3) is 0.600. The van der Waals surface area contributed by atoms with Gasteiger partial charge in [-0.1, -0.05) is 13.8 Å². The monoisotopic (exact) mass is 337 g/mol. The molecule has 0 aliphatic heterocycles. The van der Waals surface area contributed by atoms with Gasteiger partial charge in [0.1, 0.15) is 12.1 Å². The SMILES string of the molecule is CC1(C)C(Cl)CC1Nc1ncncc1I. The van der Waals surface area contributed by atoms with Crippen LogP contribution in [0.5, 0.6) is 0 Å². The zero-order chi connectivity index (χ0) is 11.1. The minimum absolute atomic E-state index is 0.135. The van der Waals surface area contributed by atoms with Gasteiger partial charge >= 0.3 is 0 Å². The van der Waals surface area contributed by atoms with E-state index in [1.807, 2.05) is 0 Å². The third-order valence-corrected chi connectivity index (χ3v) is 4.66. The number of halogens is 2. The van der Waals surface area contributed by atoms with Gasteiger partial charge in [-0.05, 0) is 29.0 Å². The van der Waals surface area contributed by atoms with Crippen LogP contribution in [0.2, 0.25) is 0 Å². The molecule has 5 heteroatoms. The third kappa shape index (κ3) is 2.06. The standard InChI is InChI=1S/C10H13ClIN3/c1-10(2)7(11)3-8(10)15-9-6(12)4-13-5-14-9/h4-5,7-8H,3H2,1-2H3,(H,13,14,15). The normalized spacial score (nSPS) is 28.3. The van der Waals surface area contributed by atoms with Crippen molar-refractivity contribution in [3.8, 4) is 0 Å². The molecule has 1 aliphatic rings. The number of anilines is 1. The number of hydrogen-bond acceptors (Lipinski definition) is 3. The van der Waals surface area contributed by atoms with Gasteiger partial charge in [0, 0.05) is 23.0 Å². The summed E-state index contributed by atoms with van der Waals surface area (Å²) < 4.78 is 1.05. The lowest BCUT2D eigenvalue weighted by molar-refractivity contribution is 0.168. The van der Waals surface area contributed by atoms with Crippen molar-refractivity contribution in [2.45, 2.75) is 31.7 Å². The van der Waals surface area contributed by atoms with Crippen LogP contribution in [0.3, 0.4) is 0 Å². The summed E-state index contributed by atoms with van der Waals surface area (Å²) in [6.45, 7) is 4.36. The maximum absolute atomic E-state index is 6.17. The van der Waals surface area contributed by atoms with E-state index in [0.29, 0.717) is 6.04 Å². The average Bonchev–Trinajstić information content (AvgIpc) is 2.20. The number of alkyl halides is 1. The first-order chi connectivity index (χ1) is 7.01. The summed E-state index contributed by atoms with van der Waals surface area (Å²) in [5.41, 5.74) is 0.135. The van der Waals surface area contributed by atoms with E-state index in [0.717, 1.165) is 15.8 Å². The summed E-state index contributed by atoms with van der Waals surface area (Å²) in [6, 6.07) is 0.406. The summed E-state index contributed by atoms with van der Waals surface area (Å²) in [4.78, 5) is 8.18. The molecule has 2 unspecified atom stereocenters. The van der Waals surface area contributed by atoms with Crippen LogP contribution in [0.4, 0.5) is 5.82 Å². The second-order valence-electron chi connectivity index (χ2n) is 4.44. The third-order valence-electron chi connectivity index (χ3n) is 3.13. The quantitative estimate of drug-likeness (QED) is 0.666. The van der Waals surface area contributed by atoms with Crippen molar-refractivity contribution in [1.29, 1.82) is 0 Å². The Hall–Kier alpha value is -0.100. The minimum atomic E-state index is 0.135. The van der Waals surface area contributed by atoms with Crippen LogP contribution in [0.15, 0.2) is 12.5 Å². The number of nitrogens with one attached hydrogen (secondary N) is 1. The van der Waals surface area contributed by atoms with Crippen LogP contribution >= 0.6 is 34.2 Å². The highest BCUT2D eigenvalue weighted by molar-refractivity contribution is 14.1. The fourth-order valence-corrected chi connectivity index (χ4v) is 2.49. The maximum atomic E-state index is 6.17. The summed E-state index contributed by atoms with van der Waals surface area (Å²) >= 11 is 8.40. The second kappa shape index (κ2) is 4.05. The van der Waals surface area contributed by atoms with E-state index in [4.69, 9.17) is 11.6 Å². The van der Waals surface area contributed by atoms with Crippen molar-refractivity contribution >= 4 is 40.0 Å². The van der Waals surface area contributed by atoms with Gasteiger partial charge in [-0.25, -0.2) is 9.97 Å². The minimum Gasteiger partial charge on any atom is -0.366 e. The van der Waals surface area contributed by atoms with E-state index in [9.17, 15) is 0 Å². The van der Waals surface area contributed by atoms with E-state index < -0.39 is 0 Å². The summed E-state index contributed by atoms with van der Waals surface area (Å²) in [5, 5.41) is 3.68. The molecule has 1 aromatic rings. The van der Waals surface area contributed by atoms with Gasteiger partial charge in [0.25, 0.3) is 0 Å². The molecule has 0 saturated heterocycles. The zero-order valence-corrected chi connectivity index (χ0v) is 11.6. The van der Waals surface area contributed by atoms with Gasteiger partial charge in [0.15, 0.2) is 0 Å². The lowest BCUT2D eigenvalue weighted by Gasteiger charge is -2.49. The molecule has 1 heterocycles. The summed E-state index contributed by atoms with van der Waals surface area (Å²) in [6.07, 6.45) is 4.36. The molecule has 0 aromatic carbocycles. The first-order valence-corrected chi connectivity index (χ1v) is 6.39. The molecule has 1 aromatic heterocycles. The average molecular weight is 338 g/mol. The predicted molar refractivity (Wildman–Crippen MR) is 70.2 cm³/mol. The first kappa shape index (κ1) is 11.4. The first-order valence-electron chi connectivity index (χ1n) is 4.88. The Morgan fingerprint density at radius 1 is 1.60 bits per heavy atom. The Morgan fingerprint density at radius 3 is 2.87 bits per heavy atom. The van der Waals surface area contributed by atoms with Crippen LogP contribution in [-0.4, -0.2) is 21.4 Å². The molecule has 1 saturated carbocycles. The van der Waals surface area contributed by atoms with Gasteiger partial charge in [-0.3, -0.25) is 0 Å². The van der Waals surface area contributed by atoms with E-state index >= 15 is 0 Å². The lowest BCUT2D eigenvalue weighted by atomic mass is 9.67. The van der Waals surface area contributed by atoms with Crippen LogP contribution < -0.4 is 5.32 Å². The molecular formula is C10H13ClIN3. The molecule has 15 heavy (non-hydrogen) atoms. The molecule has 0 bridgehead atoms. The van der Waals surface area contributed by atoms with Gasteiger partial charge in [-0.2, -0.15) is 0 Å². The smallest absolute Gasteiger partial charge is 0.143 e. The fourth-order valence-electron chi connectivity index (χ4n) is 1.70. The van der Waals surface area contributed by atoms with Crippen molar-refractivity contribution < 1.29 is 0 Å². The van der Waals surface area contributed by atoms with Crippen molar-refractivity contribution in [3.63, 3.8) is 0 Å². The van der Waals surface area contributed by atoms with Crippen molar-refractivity contribution in [1.82, 2.24) is 9.97 Å². The molecule has 2 atom stereocenters. The van der Waals surface area contributed by atoms with E-state index in [1.165, 1.54) is 0 Å². The van der Waals surface area contributed by atoms with E-state index in [1.54, 1.807) is 12.5 Å². The highest BCUT2D eigenvalue weighted by Crippen LogP contribution is 2.45. The van der Waals surface area contributed by atoms with Crippen molar-refractivity contribution in [2.24, 2.45) is 5.41 Å². The molecule has 1 N–H and O–H groups in total. The van der Waals surface area contributed by atoms with E-state index in [2.05, 4.69) is 51.7 Å². The zero-order valence-electron chi connectivity index (χ0n) is 8.67. The highest BCUT2D eigenvalue weighted by Gasteiger charge is 2.47. The molecule has 3 nitrogen and oxygen atoms in total. The van der Waals surface area contributed by atoms with Crippen molar-refractivity contribution in [3.05, 3.63) is 16.1 Å². The predicted octanol–water partition coefficient (Wildman–Crippen LogP) is 2.90. The van der Waals surface area contributed by atoms with Crippen LogP contribution in [0.1, 0.15) is 20.3 Å². The van der Waals surface area contributed by atoms with Gasteiger partial charge in [-0.15, -0.1) is 11.6 Å². The highest BCUT2D eigenvalue weighted by atomic mass is 127. The molecule has 0 amide bonds. The Labute approximate surface area is 108 Å². The Morgan fingerprint density at radius 2 is 2.33 bits per heavy atom. The topological polar surface area (TPSA) is 37.8 Å². The molecule has 0 radical (unpaired) electrons. The number of nitrogens with zero attached hydrogens (tertiary/aromatic N) is 2. The van der Waals surface area contributed by atoms with Gasteiger partial charge in [0.05, 0.1) is 3.57 Å². The molecular weight excluding hydrogens is 324 g/mol. The lowest BCUT2D eigenvalue weighted by Crippen LogP contribution is -2.54. The summed E-state index contributed by atoms with van der Waals surface area (Å²) in [5.74, 6) is 0.909. The van der Waals surface area contributed by atoms with Crippen LogP contribution in [-0.2, 0) is 0 Å². The Bertz CT molecular complexity index is 369. The Balaban J connectivity index is 2.08. The second-order valence-corrected chi connectivity index (χ2v) is 6.13. The Kier molecular flexibility index (Phi) is 3.07. The molecule has 2 rings (SSSR count). The number of hydrogen-bond donors (Lipinski definition) is 1. The van der Waals surface area contributed by atoms with E-state index in [-0.39, 0.29) is 10.8 Å². The maximum Gasteiger partial charge on any atom is 0.143 e. The number of rotatable bonds is 2. The van der Waals surface area contributed by atoms with Crippen molar-refractivity contribution in [2.75, 3.05) is 5.32 Å². The van der Waals surface area contributed by atoms with Crippen LogP contribution in [0, 0.1) is 8.99 Å². The largest absolute Gasteiger partial charge is 0.366 e. The summed E-state index contributed by atoms with van der Waals surface area (Å²) in [7, 11) is 0.